The van der Waals surface area contributed by atoms with E-state index in [1.54, 1.807) is 19.1 Å². The molecule has 2 rings (SSSR count). The largest absolute Gasteiger partial charge is 0.392 e. The number of hydrogen-bond donors (Lipinski definition) is 1. The lowest BCUT2D eigenvalue weighted by atomic mass is 9.78. The van der Waals surface area contributed by atoms with E-state index in [1.807, 2.05) is 0 Å². The van der Waals surface area contributed by atoms with Crippen LogP contribution in [0.4, 0.5) is 18.9 Å². The smallest absolute Gasteiger partial charge is 0.324 e. The van der Waals surface area contributed by atoms with Gasteiger partial charge in [0, 0.05) is 5.92 Å². The number of alkyl halides is 3. The number of hydrogen-bond acceptors (Lipinski definition) is 2. The first kappa shape index (κ1) is 16.3. The summed E-state index contributed by atoms with van der Waals surface area (Å²) in [5.74, 6) is -3.12. The van der Waals surface area contributed by atoms with Crippen molar-refractivity contribution in [3.63, 3.8) is 0 Å². The van der Waals surface area contributed by atoms with E-state index in [9.17, 15) is 18.0 Å². The van der Waals surface area contributed by atoms with Crippen LogP contribution in [-0.2, 0) is 4.79 Å². The Labute approximate surface area is 129 Å². The van der Waals surface area contributed by atoms with Gasteiger partial charge in [0.1, 0.15) is 4.60 Å². The first-order valence-electron chi connectivity index (χ1n) is 6.80. The van der Waals surface area contributed by atoms with Crippen molar-refractivity contribution in [2.24, 2.45) is 11.8 Å². The maximum atomic E-state index is 13.0. The van der Waals surface area contributed by atoms with E-state index >= 15 is 0 Å². The number of aromatic nitrogens is 1. The zero-order valence-corrected chi connectivity index (χ0v) is 13.1. The molecule has 1 aliphatic rings. The zero-order chi connectivity index (χ0) is 15.6. The van der Waals surface area contributed by atoms with Crippen LogP contribution in [0.3, 0.4) is 0 Å². The molecule has 1 fully saturated rings. The number of rotatable bonds is 2. The molecule has 0 saturated heterocycles. The lowest BCUT2D eigenvalue weighted by molar-refractivity contribution is -0.197. The molecule has 7 heteroatoms. The van der Waals surface area contributed by atoms with Gasteiger partial charge in [-0.3, -0.25) is 4.79 Å². The second-order valence-corrected chi connectivity index (χ2v) is 6.11. The average Bonchev–Trinajstić information content (AvgIpc) is 2.41. The fraction of sp³-hybridized carbons (Fsp3) is 0.571. The highest BCUT2D eigenvalue weighted by atomic mass is 79.9. The molecule has 1 saturated carbocycles. The number of nitrogens with zero attached hydrogens (tertiary/aromatic N) is 1. The predicted octanol–water partition coefficient (Wildman–Crippen LogP) is 4.46. The maximum absolute atomic E-state index is 13.0. The molecule has 1 aromatic rings. The topological polar surface area (TPSA) is 42.0 Å². The van der Waals surface area contributed by atoms with Crippen LogP contribution >= 0.6 is 15.9 Å². The molecule has 0 aliphatic heterocycles. The number of halogens is 4. The summed E-state index contributed by atoms with van der Waals surface area (Å²) in [4.78, 5) is 16.3. The van der Waals surface area contributed by atoms with E-state index in [2.05, 4.69) is 26.2 Å². The Balaban J connectivity index is 2.14. The summed E-state index contributed by atoms with van der Waals surface area (Å²) in [5.41, 5.74) is 1.02. The molecule has 2 unspecified atom stereocenters. The second kappa shape index (κ2) is 6.34. The van der Waals surface area contributed by atoms with Gasteiger partial charge >= 0.3 is 6.18 Å². The highest BCUT2D eigenvalue weighted by molar-refractivity contribution is 9.10. The normalized spacial score (nSPS) is 22.9. The first-order valence-corrected chi connectivity index (χ1v) is 7.59. The molecule has 3 nitrogen and oxygen atoms in total. The molecule has 21 heavy (non-hydrogen) atoms. The fourth-order valence-electron chi connectivity index (χ4n) is 2.72. The summed E-state index contributed by atoms with van der Waals surface area (Å²) in [5, 5.41) is 2.59. The van der Waals surface area contributed by atoms with Gasteiger partial charge < -0.3 is 5.32 Å². The molecule has 0 spiro atoms. The molecule has 1 aromatic heterocycles. The lowest BCUT2D eigenvalue weighted by Gasteiger charge is -2.32. The van der Waals surface area contributed by atoms with Crippen LogP contribution in [0.25, 0.3) is 0 Å². The summed E-state index contributed by atoms with van der Waals surface area (Å²) >= 11 is 3.20. The highest BCUT2D eigenvalue weighted by Gasteiger charge is 2.48. The summed E-state index contributed by atoms with van der Waals surface area (Å²) in [6.45, 7) is 1.70. The summed E-state index contributed by atoms with van der Waals surface area (Å²) in [6.07, 6.45) is -2.84. The molecule has 0 aromatic carbocycles. The summed E-state index contributed by atoms with van der Waals surface area (Å²) < 4.78 is 39.7. The minimum Gasteiger partial charge on any atom is -0.324 e. The molecule has 1 N–H and O–H groups in total. The zero-order valence-electron chi connectivity index (χ0n) is 11.5. The molecular weight excluding hydrogens is 349 g/mol. The Kier molecular flexibility index (Phi) is 4.91. The van der Waals surface area contributed by atoms with Crippen LogP contribution in [0, 0.1) is 18.8 Å². The monoisotopic (exact) mass is 364 g/mol. The number of pyridine rings is 1. The Morgan fingerprint density at radius 3 is 2.62 bits per heavy atom. The van der Waals surface area contributed by atoms with Gasteiger partial charge in [-0.1, -0.05) is 12.8 Å². The molecule has 0 bridgehead atoms. The van der Waals surface area contributed by atoms with Gasteiger partial charge in [-0.05, 0) is 47.8 Å². The van der Waals surface area contributed by atoms with E-state index in [0.717, 1.165) is 0 Å². The molecule has 1 aliphatic carbocycles. The quantitative estimate of drug-likeness (QED) is 0.787. The van der Waals surface area contributed by atoms with E-state index in [4.69, 9.17) is 0 Å². The molecule has 2 atom stereocenters. The fourth-order valence-corrected chi connectivity index (χ4v) is 3.12. The van der Waals surface area contributed by atoms with Crippen molar-refractivity contribution < 1.29 is 18.0 Å². The number of carbonyl (C=O) groups is 1. The maximum Gasteiger partial charge on any atom is 0.392 e. The average molecular weight is 365 g/mol. The Hall–Kier alpha value is -1.11. The van der Waals surface area contributed by atoms with Crippen LogP contribution in [0.2, 0.25) is 0 Å². The Morgan fingerprint density at radius 1 is 1.33 bits per heavy atom. The number of aryl methyl sites for hydroxylation is 1. The van der Waals surface area contributed by atoms with Gasteiger partial charge in [0.15, 0.2) is 0 Å². The minimum atomic E-state index is -4.32. The van der Waals surface area contributed by atoms with E-state index in [1.165, 1.54) is 0 Å². The number of amides is 1. The van der Waals surface area contributed by atoms with Crippen molar-refractivity contribution in [3.05, 3.63) is 22.4 Å². The summed E-state index contributed by atoms with van der Waals surface area (Å²) in [7, 11) is 0. The first-order chi connectivity index (χ1) is 9.79. The van der Waals surface area contributed by atoms with Gasteiger partial charge in [-0.2, -0.15) is 13.2 Å². The standard InChI is InChI=1S/C14H16BrF3N2O/c1-8-11(6-7-12(15)19-8)20-13(21)9-4-2-3-5-10(9)14(16,17)18/h6-7,9-10H,2-5H2,1H3,(H,20,21). The molecule has 0 radical (unpaired) electrons. The van der Waals surface area contributed by atoms with Crippen LogP contribution in [0.15, 0.2) is 16.7 Å². The van der Waals surface area contributed by atoms with Gasteiger partial charge in [-0.25, -0.2) is 4.98 Å². The van der Waals surface area contributed by atoms with Crippen molar-refractivity contribution in [1.82, 2.24) is 4.98 Å². The van der Waals surface area contributed by atoms with Gasteiger partial charge in [0.2, 0.25) is 5.91 Å². The summed E-state index contributed by atoms with van der Waals surface area (Å²) in [6, 6.07) is 3.28. The molecule has 1 heterocycles. The van der Waals surface area contributed by atoms with Gasteiger partial charge in [0.25, 0.3) is 0 Å². The second-order valence-electron chi connectivity index (χ2n) is 5.30. The number of nitrogens with one attached hydrogen (secondary N) is 1. The lowest BCUT2D eigenvalue weighted by Crippen LogP contribution is -2.39. The third-order valence-electron chi connectivity index (χ3n) is 3.83. The highest BCUT2D eigenvalue weighted by Crippen LogP contribution is 2.41. The third-order valence-corrected chi connectivity index (χ3v) is 4.27. The van der Waals surface area contributed by atoms with Crippen LogP contribution in [-0.4, -0.2) is 17.1 Å². The van der Waals surface area contributed by atoms with Crippen LogP contribution in [0.5, 0.6) is 0 Å². The van der Waals surface area contributed by atoms with E-state index in [-0.39, 0.29) is 12.8 Å². The Bertz CT molecular complexity index is 533. The SMILES string of the molecule is Cc1nc(Br)ccc1NC(=O)C1CCCCC1C(F)(F)F. The van der Waals surface area contributed by atoms with Crippen molar-refractivity contribution in [3.8, 4) is 0 Å². The van der Waals surface area contributed by atoms with Crippen LogP contribution < -0.4 is 5.32 Å². The van der Waals surface area contributed by atoms with Crippen molar-refractivity contribution in [2.75, 3.05) is 5.32 Å². The Morgan fingerprint density at radius 2 is 2.00 bits per heavy atom. The molecular formula is C14H16BrF3N2O. The number of carbonyl (C=O) groups excluding carboxylic acids is 1. The van der Waals surface area contributed by atoms with Gasteiger partial charge in [0.05, 0.1) is 17.3 Å². The van der Waals surface area contributed by atoms with Crippen molar-refractivity contribution in [2.45, 2.75) is 38.8 Å². The van der Waals surface area contributed by atoms with Gasteiger partial charge in [-0.15, -0.1) is 0 Å². The van der Waals surface area contributed by atoms with E-state index in [0.29, 0.717) is 28.8 Å². The minimum absolute atomic E-state index is 0.0269. The number of anilines is 1. The van der Waals surface area contributed by atoms with E-state index < -0.39 is 23.9 Å². The van der Waals surface area contributed by atoms with Crippen LogP contribution in [0.1, 0.15) is 31.4 Å². The molecule has 116 valence electrons. The predicted molar refractivity (Wildman–Crippen MR) is 76.8 cm³/mol. The van der Waals surface area contributed by atoms with Crippen molar-refractivity contribution in [1.29, 1.82) is 0 Å². The van der Waals surface area contributed by atoms with Crippen molar-refractivity contribution >= 4 is 27.5 Å². The molecule has 1 amide bonds. The third kappa shape index (κ3) is 3.96.